The highest BCUT2D eigenvalue weighted by Gasteiger charge is 2.13. The zero-order valence-electron chi connectivity index (χ0n) is 13.0. The van der Waals surface area contributed by atoms with Gasteiger partial charge in [-0.2, -0.15) is 0 Å². The smallest absolute Gasteiger partial charge is 0.226 e. The standard InChI is InChI=1S/C17H21NO3S/c1-3-18(13-14-7-6-12-22-14)17(19)10-11-21-16-9-5-4-8-15(16)20-2/h4-9,12H,3,10-11,13H2,1-2H3. The zero-order chi connectivity index (χ0) is 15.8. The van der Waals surface area contributed by atoms with Crippen molar-refractivity contribution in [3.05, 3.63) is 46.7 Å². The van der Waals surface area contributed by atoms with Crippen LogP contribution in [0.15, 0.2) is 41.8 Å². The number of thiophene rings is 1. The largest absolute Gasteiger partial charge is 0.493 e. The quantitative estimate of drug-likeness (QED) is 0.746. The number of benzene rings is 1. The lowest BCUT2D eigenvalue weighted by Crippen LogP contribution is -2.31. The van der Waals surface area contributed by atoms with Crippen molar-refractivity contribution in [2.45, 2.75) is 19.9 Å². The molecule has 0 N–H and O–H groups in total. The Balaban J connectivity index is 1.83. The van der Waals surface area contributed by atoms with Crippen LogP contribution in [0.4, 0.5) is 0 Å². The van der Waals surface area contributed by atoms with Crippen LogP contribution >= 0.6 is 11.3 Å². The first kappa shape index (κ1) is 16.4. The third kappa shape index (κ3) is 4.49. The molecule has 0 aliphatic rings. The van der Waals surface area contributed by atoms with E-state index in [1.165, 1.54) is 4.88 Å². The summed E-state index contributed by atoms with van der Waals surface area (Å²) >= 11 is 1.67. The molecule has 0 saturated carbocycles. The highest BCUT2D eigenvalue weighted by atomic mass is 32.1. The summed E-state index contributed by atoms with van der Waals surface area (Å²) in [6.07, 6.45) is 0.358. The summed E-state index contributed by atoms with van der Waals surface area (Å²) in [4.78, 5) is 15.3. The van der Waals surface area contributed by atoms with Crippen molar-refractivity contribution in [3.8, 4) is 11.5 Å². The molecular weight excluding hydrogens is 298 g/mol. The second-order valence-electron chi connectivity index (χ2n) is 4.74. The van der Waals surface area contributed by atoms with Crippen LogP contribution in [-0.2, 0) is 11.3 Å². The van der Waals surface area contributed by atoms with Crippen molar-refractivity contribution in [2.24, 2.45) is 0 Å². The number of carbonyl (C=O) groups is 1. The predicted octanol–water partition coefficient (Wildman–Crippen LogP) is 3.57. The third-order valence-corrected chi connectivity index (χ3v) is 4.16. The molecule has 0 radical (unpaired) electrons. The summed E-state index contributed by atoms with van der Waals surface area (Å²) in [5.74, 6) is 1.45. The molecule has 0 fully saturated rings. The molecule has 1 heterocycles. The topological polar surface area (TPSA) is 38.8 Å². The van der Waals surface area contributed by atoms with Crippen molar-refractivity contribution >= 4 is 17.2 Å². The van der Waals surface area contributed by atoms with Gasteiger partial charge in [-0.25, -0.2) is 0 Å². The van der Waals surface area contributed by atoms with Crippen LogP contribution in [0.25, 0.3) is 0 Å². The maximum absolute atomic E-state index is 12.3. The molecule has 0 bridgehead atoms. The molecule has 22 heavy (non-hydrogen) atoms. The number of carbonyl (C=O) groups excluding carboxylic acids is 1. The summed E-state index contributed by atoms with van der Waals surface area (Å²) in [7, 11) is 1.60. The predicted molar refractivity (Wildman–Crippen MR) is 88.5 cm³/mol. The van der Waals surface area contributed by atoms with Gasteiger partial charge in [0.05, 0.1) is 26.7 Å². The van der Waals surface area contributed by atoms with Gasteiger partial charge < -0.3 is 14.4 Å². The molecule has 1 aromatic heterocycles. The highest BCUT2D eigenvalue weighted by Crippen LogP contribution is 2.25. The summed E-state index contributed by atoms with van der Waals surface area (Å²) in [5.41, 5.74) is 0. The van der Waals surface area contributed by atoms with E-state index < -0.39 is 0 Å². The van der Waals surface area contributed by atoms with Crippen LogP contribution in [-0.4, -0.2) is 31.1 Å². The van der Waals surface area contributed by atoms with Crippen LogP contribution in [0.5, 0.6) is 11.5 Å². The number of methoxy groups -OCH3 is 1. The number of hydrogen-bond acceptors (Lipinski definition) is 4. The van der Waals surface area contributed by atoms with Crippen LogP contribution in [0.2, 0.25) is 0 Å². The van der Waals surface area contributed by atoms with Gasteiger partial charge in [-0.05, 0) is 30.5 Å². The fourth-order valence-corrected chi connectivity index (χ4v) is 2.83. The van der Waals surface area contributed by atoms with Gasteiger partial charge in [0.25, 0.3) is 0 Å². The Hall–Kier alpha value is -2.01. The lowest BCUT2D eigenvalue weighted by atomic mass is 10.3. The van der Waals surface area contributed by atoms with Gasteiger partial charge in [0, 0.05) is 11.4 Å². The Labute approximate surface area is 135 Å². The minimum absolute atomic E-state index is 0.103. The maximum Gasteiger partial charge on any atom is 0.226 e. The minimum atomic E-state index is 0.103. The van der Waals surface area contributed by atoms with Crippen LogP contribution < -0.4 is 9.47 Å². The van der Waals surface area contributed by atoms with Crippen molar-refractivity contribution < 1.29 is 14.3 Å². The first-order chi connectivity index (χ1) is 10.7. The van der Waals surface area contributed by atoms with Gasteiger partial charge >= 0.3 is 0 Å². The van der Waals surface area contributed by atoms with Gasteiger partial charge in [-0.3, -0.25) is 4.79 Å². The number of nitrogens with zero attached hydrogens (tertiary/aromatic N) is 1. The Kier molecular flexibility index (Phi) is 6.27. The molecular formula is C17H21NO3S. The van der Waals surface area contributed by atoms with Crippen molar-refractivity contribution in [1.82, 2.24) is 4.90 Å². The van der Waals surface area contributed by atoms with E-state index in [0.29, 0.717) is 37.6 Å². The van der Waals surface area contributed by atoms with E-state index in [2.05, 4.69) is 0 Å². The maximum atomic E-state index is 12.3. The summed E-state index contributed by atoms with van der Waals surface area (Å²) in [6, 6.07) is 11.5. The van der Waals surface area contributed by atoms with Crippen molar-refractivity contribution in [2.75, 3.05) is 20.3 Å². The molecule has 2 rings (SSSR count). The molecule has 5 heteroatoms. The van der Waals surface area contributed by atoms with Gasteiger partial charge in [0.1, 0.15) is 0 Å². The SMILES string of the molecule is CCN(Cc1cccs1)C(=O)CCOc1ccccc1OC. The van der Waals surface area contributed by atoms with Crippen molar-refractivity contribution in [1.29, 1.82) is 0 Å². The fourth-order valence-electron chi connectivity index (χ4n) is 2.11. The second-order valence-corrected chi connectivity index (χ2v) is 5.77. The minimum Gasteiger partial charge on any atom is -0.493 e. The first-order valence-electron chi connectivity index (χ1n) is 7.30. The number of rotatable bonds is 8. The lowest BCUT2D eigenvalue weighted by molar-refractivity contribution is -0.132. The van der Waals surface area contributed by atoms with Crippen LogP contribution in [0.3, 0.4) is 0 Å². The molecule has 0 aliphatic heterocycles. The second kappa shape index (κ2) is 8.44. The summed E-state index contributed by atoms with van der Waals surface area (Å²) in [6.45, 7) is 3.71. The number of amides is 1. The number of para-hydroxylation sites is 2. The molecule has 1 aromatic carbocycles. The molecule has 1 amide bonds. The van der Waals surface area contributed by atoms with Gasteiger partial charge in [0.2, 0.25) is 5.91 Å². The third-order valence-electron chi connectivity index (χ3n) is 3.30. The Bertz CT molecular complexity index is 583. The normalized spacial score (nSPS) is 10.3. The Morgan fingerprint density at radius 3 is 2.59 bits per heavy atom. The Morgan fingerprint density at radius 2 is 1.95 bits per heavy atom. The molecule has 0 unspecified atom stereocenters. The monoisotopic (exact) mass is 319 g/mol. The molecule has 0 atom stereocenters. The number of ether oxygens (including phenoxy) is 2. The average Bonchev–Trinajstić information content (AvgIpc) is 3.06. The van der Waals surface area contributed by atoms with E-state index in [9.17, 15) is 4.79 Å². The van der Waals surface area contributed by atoms with E-state index in [-0.39, 0.29) is 5.91 Å². The molecule has 118 valence electrons. The molecule has 4 nitrogen and oxygen atoms in total. The molecule has 0 saturated heterocycles. The van der Waals surface area contributed by atoms with E-state index >= 15 is 0 Å². The summed E-state index contributed by atoms with van der Waals surface area (Å²) < 4.78 is 10.9. The van der Waals surface area contributed by atoms with Crippen LogP contribution in [0.1, 0.15) is 18.2 Å². The fraction of sp³-hybridized carbons (Fsp3) is 0.353. The lowest BCUT2D eigenvalue weighted by Gasteiger charge is -2.20. The van der Waals surface area contributed by atoms with Gasteiger partial charge in [-0.1, -0.05) is 18.2 Å². The average molecular weight is 319 g/mol. The van der Waals surface area contributed by atoms with Crippen molar-refractivity contribution in [3.63, 3.8) is 0 Å². The van der Waals surface area contributed by atoms with Gasteiger partial charge in [-0.15, -0.1) is 11.3 Å². The number of hydrogen-bond donors (Lipinski definition) is 0. The van der Waals surface area contributed by atoms with E-state index in [1.54, 1.807) is 18.4 Å². The molecule has 2 aromatic rings. The van der Waals surface area contributed by atoms with Crippen LogP contribution in [0, 0.1) is 0 Å². The highest BCUT2D eigenvalue weighted by molar-refractivity contribution is 7.09. The van der Waals surface area contributed by atoms with E-state index in [4.69, 9.17) is 9.47 Å². The van der Waals surface area contributed by atoms with E-state index in [1.807, 2.05) is 53.6 Å². The Morgan fingerprint density at radius 1 is 1.18 bits per heavy atom. The summed E-state index contributed by atoms with van der Waals surface area (Å²) in [5, 5.41) is 2.03. The molecule has 0 aliphatic carbocycles. The zero-order valence-corrected chi connectivity index (χ0v) is 13.8. The van der Waals surface area contributed by atoms with Gasteiger partial charge in [0.15, 0.2) is 11.5 Å². The van der Waals surface area contributed by atoms with E-state index in [0.717, 1.165) is 0 Å². The first-order valence-corrected chi connectivity index (χ1v) is 8.18. The molecule has 0 spiro atoms.